The second-order valence-corrected chi connectivity index (χ2v) is 5.36. The van der Waals surface area contributed by atoms with Crippen LogP contribution in [0.1, 0.15) is 18.5 Å². The van der Waals surface area contributed by atoms with Gasteiger partial charge in [-0.3, -0.25) is 0 Å². The van der Waals surface area contributed by atoms with Crippen molar-refractivity contribution in [3.8, 4) is 0 Å². The molecule has 9 heteroatoms. The van der Waals surface area contributed by atoms with Gasteiger partial charge in [0.1, 0.15) is 24.4 Å². The number of methoxy groups -OCH3 is 1. The standard InChI is InChI=1S/C13H23N3O6/c1-21-13-12(20)11(19)10(18)9(22-13)7-16-6-8(14-15-16)4-2-3-5-17/h6,9-13,17-20H,2-5,7H2,1H3/t9-,10+,11+,12-,13-/m1/s1. The van der Waals surface area contributed by atoms with E-state index in [2.05, 4.69) is 10.3 Å². The highest BCUT2D eigenvalue weighted by molar-refractivity contribution is 4.94. The first-order valence-electron chi connectivity index (χ1n) is 7.29. The zero-order chi connectivity index (χ0) is 16.1. The number of hydrogen-bond acceptors (Lipinski definition) is 8. The van der Waals surface area contributed by atoms with E-state index in [1.165, 1.54) is 11.8 Å². The van der Waals surface area contributed by atoms with Crippen LogP contribution in [-0.2, 0) is 22.4 Å². The van der Waals surface area contributed by atoms with Gasteiger partial charge in [0.25, 0.3) is 0 Å². The fraction of sp³-hybridized carbons (Fsp3) is 0.846. The average Bonchev–Trinajstić information content (AvgIpc) is 2.95. The Morgan fingerprint density at radius 2 is 2.00 bits per heavy atom. The van der Waals surface area contributed by atoms with Crippen LogP contribution in [0.15, 0.2) is 6.20 Å². The maximum atomic E-state index is 9.98. The van der Waals surface area contributed by atoms with Crippen molar-refractivity contribution in [2.24, 2.45) is 0 Å². The lowest BCUT2D eigenvalue weighted by Crippen LogP contribution is -2.58. The number of aliphatic hydroxyl groups excluding tert-OH is 4. The third kappa shape index (κ3) is 4.00. The normalized spacial score (nSPS) is 32.3. The molecule has 5 atom stereocenters. The van der Waals surface area contributed by atoms with Gasteiger partial charge in [0.05, 0.1) is 12.2 Å². The molecule has 0 aliphatic carbocycles. The molecule has 9 nitrogen and oxygen atoms in total. The van der Waals surface area contributed by atoms with E-state index >= 15 is 0 Å². The van der Waals surface area contributed by atoms with Crippen LogP contribution in [0.3, 0.4) is 0 Å². The summed E-state index contributed by atoms with van der Waals surface area (Å²) >= 11 is 0. The van der Waals surface area contributed by atoms with Crippen LogP contribution < -0.4 is 0 Å². The predicted octanol–water partition coefficient (Wildman–Crippen LogP) is -1.95. The average molecular weight is 317 g/mol. The largest absolute Gasteiger partial charge is 0.396 e. The Morgan fingerprint density at radius 1 is 1.23 bits per heavy atom. The molecule has 1 fully saturated rings. The highest BCUT2D eigenvalue weighted by Gasteiger charge is 2.44. The summed E-state index contributed by atoms with van der Waals surface area (Å²) in [5.41, 5.74) is 0.780. The molecule has 1 aliphatic heterocycles. The van der Waals surface area contributed by atoms with Crippen molar-refractivity contribution in [3.63, 3.8) is 0 Å². The smallest absolute Gasteiger partial charge is 0.186 e. The van der Waals surface area contributed by atoms with Crippen LogP contribution in [0.25, 0.3) is 0 Å². The van der Waals surface area contributed by atoms with E-state index in [-0.39, 0.29) is 13.2 Å². The molecule has 1 aromatic rings. The highest BCUT2D eigenvalue weighted by atomic mass is 16.7. The Bertz CT molecular complexity index is 455. The fourth-order valence-corrected chi connectivity index (χ4v) is 2.41. The molecule has 0 saturated carbocycles. The Hall–Kier alpha value is -1.10. The first kappa shape index (κ1) is 17.3. The molecule has 1 saturated heterocycles. The summed E-state index contributed by atoms with van der Waals surface area (Å²) < 4.78 is 11.9. The molecule has 22 heavy (non-hydrogen) atoms. The number of hydrogen-bond donors (Lipinski definition) is 4. The van der Waals surface area contributed by atoms with Crippen molar-refractivity contribution in [2.45, 2.75) is 56.5 Å². The van der Waals surface area contributed by atoms with E-state index in [9.17, 15) is 15.3 Å². The van der Waals surface area contributed by atoms with Gasteiger partial charge in [-0.15, -0.1) is 5.10 Å². The molecule has 0 amide bonds. The number of aromatic nitrogens is 3. The van der Waals surface area contributed by atoms with Gasteiger partial charge in [0.2, 0.25) is 0 Å². The second-order valence-electron chi connectivity index (χ2n) is 5.36. The molecule has 0 radical (unpaired) electrons. The molecule has 0 spiro atoms. The topological polar surface area (TPSA) is 130 Å². The Balaban J connectivity index is 1.94. The Labute approximate surface area is 128 Å². The maximum Gasteiger partial charge on any atom is 0.186 e. The Kier molecular flexibility index (Phi) is 6.24. The van der Waals surface area contributed by atoms with Crippen molar-refractivity contribution in [1.29, 1.82) is 0 Å². The zero-order valence-corrected chi connectivity index (χ0v) is 12.4. The predicted molar refractivity (Wildman–Crippen MR) is 73.7 cm³/mol. The summed E-state index contributed by atoms with van der Waals surface area (Å²) in [6, 6.07) is 0. The van der Waals surface area contributed by atoms with Gasteiger partial charge in [0, 0.05) is 19.9 Å². The summed E-state index contributed by atoms with van der Waals surface area (Å²) in [5, 5.41) is 46.2. The van der Waals surface area contributed by atoms with Crippen LogP contribution in [0, 0.1) is 0 Å². The van der Waals surface area contributed by atoms with E-state index < -0.39 is 30.7 Å². The summed E-state index contributed by atoms with van der Waals surface area (Å²) in [6.45, 7) is 0.326. The van der Waals surface area contributed by atoms with Gasteiger partial charge < -0.3 is 29.9 Å². The molecular formula is C13H23N3O6. The van der Waals surface area contributed by atoms with Crippen molar-refractivity contribution in [1.82, 2.24) is 15.0 Å². The van der Waals surface area contributed by atoms with Crippen LogP contribution in [0.4, 0.5) is 0 Å². The number of nitrogens with zero attached hydrogens (tertiary/aromatic N) is 3. The number of aryl methyl sites for hydroxylation is 1. The molecule has 0 unspecified atom stereocenters. The van der Waals surface area contributed by atoms with Crippen molar-refractivity contribution >= 4 is 0 Å². The number of unbranched alkanes of at least 4 members (excludes halogenated alkanes) is 1. The van der Waals surface area contributed by atoms with Gasteiger partial charge in [-0.2, -0.15) is 0 Å². The van der Waals surface area contributed by atoms with Gasteiger partial charge in [0.15, 0.2) is 6.29 Å². The monoisotopic (exact) mass is 317 g/mol. The number of rotatable bonds is 7. The minimum absolute atomic E-state index is 0.148. The summed E-state index contributed by atoms with van der Waals surface area (Å²) in [6.07, 6.45) is -1.72. The van der Waals surface area contributed by atoms with Gasteiger partial charge in [-0.25, -0.2) is 4.68 Å². The van der Waals surface area contributed by atoms with Crippen molar-refractivity contribution in [3.05, 3.63) is 11.9 Å². The lowest BCUT2D eigenvalue weighted by Gasteiger charge is -2.39. The summed E-state index contributed by atoms with van der Waals surface area (Å²) in [5.74, 6) is 0. The molecule has 0 aromatic carbocycles. The maximum absolute atomic E-state index is 9.98. The molecule has 1 aliphatic rings. The molecule has 2 rings (SSSR count). The van der Waals surface area contributed by atoms with Crippen LogP contribution in [0.5, 0.6) is 0 Å². The van der Waals surface area contributed by atoms with E-state index in [1.807, 2.05) is 0 Å². The quantitative estimate of drug-likeness (QED) is 0.427. The number of ether oxygens (including phenoxy) is 2. The Morgan fingerprint density at radius 3 is 2.68 bits per heavy atom. The molecule has 4 N–H and O–H groups in total. The van der Waals surface area contributed by atoms with Gasteiger partial charge >= 0.3 is 0 Å². The van der Waals surface area contributed by atoms with Gasteiger partial charge in [-0.1, -0.05) is 5.21 Å². The third-order valence-corrected chi connectivity index (χ3v) is 3.69. The fourth-order valence-electron chi connectivity index (χ4n) is 2.41. The SMILES string of the molecule is CO[C@@H]1O[C@H](Cn2cc(CCCCO)nn2)[C@H](O)[C@H](O)[C@H]1O. The second kappa shape index (κ2) is 7.95. The highest BCUT2D eigenvalue weighted by Crippen LogP contribution is 2.22. The van der Waals surface area contributed by atoms with Crippen molar-refractivity contribution in [2.75, 3.05) is 13.7 Å². The lowest BCUT2D eigenvalue weighted by atomic mass is 9.99. The van der Waals surface area contributed by atoms with Crippen LogP contribution >= 0.6 is 0 Å². The lowest BCUT2D eigenvalue weighted by molar-refractivity contribution is -0.292. The number of aliphatic hydroxyl groups is 4. The van der Waals surface area contributed by atoms with Crippen LogP contribution in [-0.4, -0.2) is 79.8 Å². The molecule has 2 heterocycles. The zero-order valence-electron chi connectivity index (χ0n) is 12.4. The molecular weight excluding hydrogens is 294 g/mol. The van der Waals surface area contributed by atoms with E-state index in [4.69, 9.17) is 14.6 Å². The van der Waals surface area contributed by atoms with E-state index in [0.29, 0.717) is 12.8 Å². The molecule has 0 bridgehead atoms. The van der Waals surface area contributed by atoms with E-state index in [1.54, 1.807) is 6.20 Å². The van der Waals surface area contributed by atoms with Crippen LogP contribution in [0.2, 0.25) is 0 Å². The molecule has 126 valence electrons. The first-order valence-corrected chi connectivity index (χ1v) is 7.29. The minimum atomic E-state index is -1.35. The summed E-state index contributed by atoms with van der Waals surface area (Å²) in [4.78, 5) is 0. The van der Waals surface area contributed by atoms with Gasteiger partial charge in [-0.05, 0) is 19.3 Å². The molecule has 1 aromatic heterocycles. The van der Waals surface area contributed by atoms with E-state index in [0.717, 1.165) is 12.1 Å². The third-order valence-electron chi connectivity index (χ3n) is 3.69. The minimum Gasteiger partial charge on any atom is -0.396 e. The summed E-state index contributed by atoms with van der Waals surface area (Å²) in [7, 11) is 1.35. The van der Waals surface area contributed by atoms with Crippen molar-refractivity contribution < 1.29 is 29.9 Å². The first-order chi connectivity index (χ1) is 10.6.